The summed E-state index contributed by atoms with van der Waals surface area (Å²) < 4.78 is 13.7. The molecule has 0 amide bonds. The van der Waals surface area contributed by atoms with Gasteiger partial charge in [0.1, 0.15) is 6.61 Å². The summed E-state index contributed by atoms with van der Waals surface area (Å²) in [5, 5.41) is 7.47. The number of aromatic amines is 1. The molecule has 148 valence electrons. The van der Waals surface area contributed by atoms with Crippen LogP contribution in [0, 0.1) is 11.7 Å². The number of nitrogens with zero attached hydrogens (tertiary/aromatic N) is 2. The van der Waals surface area contributed by atoms with E-state index in [0.29, 0.717) is 34.4 Å². The van der Waals surface area contributed by atoms with Crippen LogP contribution in [0.1, 0.15) is 29.4 Å². The number of aryl methyl sites for hydroxylation is 2. The Labute approximate surface area is 174 Å². The molecule has 1 heterocycles. The Bertz CT molecular complexity index is 1020. The Hall–Kier alpha value is -2.51. The van der Waals surface area contributed by atoms with E-state index in [1.165, 1.54) is 5.56 Å². The first kappa shape index (κ1) is 20.2. The van der Waals surface area contributed by atoms with E-state index < -0.39 is 0 Å². The molecule has 0 aliphatic carbocycles. The van der Waals surface area contributed by atoms with Gasteiger partial charge in [-0.1, -0.05) is 48.4 Å². The van der Waals surface area contributed by atoms with Crippen LogP contribution in [0.4, 0.5) is 0 Å². The Morgan fingerprint density at radius 1 is 1.25 bits per heavy atom. The molecule has 2 aromatic carbocycles. The molecule has 0 radical (unpaired) electrons. The predicted octanol–water partition coefficient (Wildman–Crippen LogP) is 4.80. The first-order valence-corrected chi connectivity index (χ1v) is 9.75. The molecular formula is C20H23ClN4O2S. The molecule has 0 spiro atoms. The van der Waals surface area contributed by atoms with E-state index >= 15 is 0 Å². The lowest BCUT2D eigenvalue weighted by Crippen LogP contribution is -2.17. The van der Waals surface area contributed by atoms with Crippen molar-refractivity contribution in [2.75, 3.05) is 12.5 Å². The second kappa shape index (κ2) is 9.12. The number of hydrogen-bond donors (Lipinski definition) is 2. The molecule has 28 heavy (non-hydrogen) atoms. The van der Waals surface area contributed by atoms with Crippen LogP contribution in [0.25, 0.3) is 0 Å². The highest BCUT2D eigenvalue weighted by Gasteiger charge is 2.13. The molecular weight excluding hydrogens is 396 g/mol. The van der Waals surface area contributed by atoms with Crippen molar-refractivity contribution in [1.82, 2.24) is 14.9 Å². The summed E-state index contributed by atoms with van der Waals surface area (Å²) in [5.74, 6) is 1.95. The van der Waals surface area contributed by atoms with E-state index in [9.17, 15) is 0 Å². The Kier molecular flexibility index (Phi) is 6.59. The van der Waals surface area contributed by atoms with Crippen molar-refractivity contribution in [2.45, 2.75) is 33.4 Å². The van der Waals surface area contributed by atoms with Gasteiger partial charge in [0.15, 0.2) is 17.3 Å². The van der Waals surface area contributed by atoms with Gasteiger partial charge in [-0.25, -0.2) is 4.68 Å². The monoisotopic (exact) mass is 418 g/mol. The second-order valence-electron chi connectivity index (χ2n) is 6.36. The third-order valence-corrected chi connectivity index (χ3v) is 4.81. The van der Waals surface area contributed by atoms with Crippen LogP contribution in [0.3, 0.4) is 0 Å². The van der Waals surface area contributed by atoms with E-state index in [1.54, 1.807) is 11.8 Å². The molecule has 0 saturated carbocycles. The number of benzene rings is 2. The number of nitrogens with one attached hydrogen (secondary N) is 2. The second-order valence-corrected chi connectivity index (χ2v) is 7.15. The molecule has 8 heteroatoms. The quantitative estimate of drug-likeness (QED) is 0.514. The molecule has 0 unspecified atom stereocenters. The van der Waals surface area contributed by atoms with E-state index in [1.807, 2.05) is 31.2 Å². The van der Waals surface area contributed by atoms with Crippen molar-refractivity contribution in [3.63, 3.8) is 0 Å². The fraction of sp³-hybridized carbons (Fsp3) is 0.300. The Morgan fingerprint density at radius 3 is 2.79 bits per heavy atom. The lowest BCUT2D eigenvalue weighted by Gasteiger charge is -2.15. The zero-order valence-corrected chi connectivity index (χ0v) is 17.7. The minimum Gasteiger partial charge on any atom is -0.493 e. The van der Waals surface area contributed by atoms with Crippen molar-refractivity contribution < 1.29 is 9.47 Å². The molecule has 2 N–H and O–H groups in total. The highest BCUT2D eigenvalue weighted by Crippen LogP contribution is 2.37. The van der Waals surface area contributed by atoms with Crippen LogP contribution in [0.2, 0.25) is 5.02 Å². The number of ether oxygens (including phenoxy) is 2. The van der Waals surface area contributed by atoms with Gasteiger partial charge in [0.05, 0.1) is 18.7 Å². The summed E-state index contributed by atoms with van der Waals surface area (Å²) in [5.41, 5.74) is 6.45. The maximum absolute atomic E-state index is 6.48. The number of H-pyrrole nitrogens is 1. The van der Waals surface area contributed by atoms with Gasteiger partial charge in [0.2, 0.25) is 4.77 Å². The molecule has 0 aliphatic rings. The molecule has 6 nitrogen and oxygen atoms in total. The number of hydrogen-bond acceptors (Lipinski definition) is 5. The minimum absolute atomic E-state index is 0.416. The third kappa shape index (κ3) is 4.66. The zero-order valence-electron chi connectivity index (χ0n) is 16.1. The van der Waals surface area contributed by atoms with Crippen LogP contribution in [0.15, 0.2) is 36.4 Å². The fourth-order valence-electron chi connectivity index (χ4n) is 2.87. The van der Waals surface area contributed by atoms with Gasteiger partial charge in [0, 0.05) is 6.42 Å². The summed E-state index contributed by atoms with van der Waals surface area (Å²) in [6, 6.07) is 11.9. The minimum atomic E-state index is 0.416. The summed E-state index contributed by atoms with van der Waals surface area (Å²) in [6.07, 6.45) is 0.760. The van der Waals surface area contributed by atoms with Gasteiger partial charge >= 0.3 is 0 Å². The summed E-state index contributed by atoms with van der Waals surface area (Å²) in [7, 11) is 1.60. The van der Waals surface area contributed by atoms with Crippen LogP contribution in [-0.2, 0) is 19.6 Å². The van der Waals surface area contributed by atoms with Crippen molar-refractivity contribution in [3.05, 3.63) is 68.7 Å². The van der Waals surface area contributed by atoms with Crippen molar-refractivity contribution in [3.8, 4) is 11.5 Å². The SMILES string of the molecule is CCc1n[nH]c(=S)n1NCc1cc(Cl)c(OCc2cccc(C)c2)c(OC)c1. The standard InChI is InChI=1S/C20H23ClN4O2S/c1-4-18-23-24-20(28)25(18)22-11-15-9-16(21)19(17(10-15)26-3)27-12-14-7-5-6-13(2)8-14/h5-10,22H,4,11-12H2,1-3H3,(H,24,28). The molecule has 0 bridgehead atoms. The zero-order chi connectivity index (χ0) is 20.1. The largest absolute Gasteiger partial charge is 0.493 e. The van der Waals surface area contributed by atoms with Crippen molar-refractivity contribution >= 4 is 23.8 Å². The number of rotatable bonds is 8. The number of halogens is 1. The Morgan fingerprint density at radius 2 is 2.07 bits per heavy atom. The normalized spacial score (nSPS) is 10.7. The first-order chi connectivity index (χ1) is 13.5. The smallest absolute Gasteiger partial charge is 0.214 e. The average Bonchev–Trinajstić information content (AvgIpc) is 3.04. The van der Waals surface area contributed by atoms with Gasteiger partial charge < -0.3 is 14.9 Å². The lowest BCUT2D eigenvalue weighted by molar-refractivity contribution is 0.284. The van der Waals surface area contributed by atoms with Gasteiger partial charge in [0.25, 0.3) is 0 Å². The molecule has 0 atom stereocenters. The van der Waals surface area contributed by atoms with E-state index in [-0.39, 0.29) is 0 Å². The van der Waals surface area contributed by atoms with Crippen LogP contribution in [-0.4, -0.2) is 22.0 Å². The molecule has 0 saturated heterocycles. The maximum atomic E-state index is 6.48. The highest BCUT2D eigenvalue weighted by molar-refractivity contribution is 7.71. The molecule has 3 aromatic rings. The number of aromatic nitrogens is 3. The van der Waals surface area contributed by atoms with Crippen molar-refractivity contribution in [2.24, 2.45) is 0 Å². The summed E-state index contributed by atoms with van der Waals surface area (Å²) in [6.45, 7) is 4.99. The molecule has 1 aromatic heterocycles. The highest BCUT2D eigenvalue weighted by atomic mass is 35.5. The van der Waals surface area contributed by atoms with Crippen LogP contribution < -0.4 is 14.9 Å². The molecule has 3 rings (SSSR count). The predicted molar refractivity (Wildman–Crippen MR) is 113 cm³/mol. The van der Waals surface area contributed by atoms with Gasteiger partial charge in [-0.15, -0.1) is 0 Å². The van der Waals surface area contributed by atoms with Crippen LogP contribution >= 0.6 is 23.8 Å². The fourth-order valence-corrected chi connectivity index (χ4v) is 3.38. The lowest BCUT2D eigenvalue weighted by atomic mass is 10.1. The topological polar surface area (TPSA) is 64.1 Å². The molecule has 0 aliphatic heterocycles. The average molecular weight is 419 g/mol. The van der Waals surface area contributed by atoms with Gasteiger partial charge in [-0.2, -0.15) is 5.10 Å². The Balaban J connectivity index is 1.75. The summed E-state index contributed by atoms with van der Waals surface area (Å²) >= 11 is 11.7. The van der Waals surface area contributed by atoms with Crippen molar-refractivity contribution in [1.29, 1.82) is 0 Å². The van der Waals surface area contributed by atoms with Gasteiger partial charge in [-0.3, -0.25) is 5.10 Å². The van der Waals surface area contributed by atoms with Gasteiger partial charge in [-0.05, 0) is 42.4 Å². The van der Waals surface area contributed by atoms with E-state index in [2.05, 4.69) is 34.7 Å². The maximum Gasteiger partial charge on any atom is 0.214 e. The van der Waals surface area contributed by atoms with Crippen LogP contribution in [0.5, 0.6) is 11.5 Å². The third-order valence-electron chi connectivity index (χ3n) is 4.25. The number of methoxy groups -OCH3 is 1. The first-order valence-electron chi connectivity index (χ1n) is 8.96. The summed E-state index contributed by atoms with van der Waals surface area (Å²) in [4.78, 5) is 0. The molecule has 0 fully saturated rings. The van der Waals surface area contributed by atoms with E-state index in [4.69, 9.17) is 33.3 Å². The van der Waals surface area contributed by atoms with E-state index in [0.717, 1.165) is 23.4 Å².